The molecule has 2 N–H and O–H groups in total. The number of rotatable bonds is 2. The second-order valence-electron chi connectivity index (χ2n) is 4.52. The fourth-order valence-electron chi connectivity index (χ4n) is 2.00. The molecule has 2 rings (SSSR count). The summed E-state index contributed by atoms with van der Waals surface area (Å²) < 4.78 is 0. The Morgan fingerprint density at radius 2 is 1.42 bits per heavy atom. The number of hydrogen-bond acceptors (Lipinski definition) is 2. The zero-order valence-electron chi connectivity index (χ0n) is 11.1. The molecular weight excluding hydrogens is 244 g/mol. The molecule has 1 aliphatic rings. The molecule has 4 heteroatoms. The maximum atomic E-state index is 10.6. The molecule has 0 unspecified atom stereocenters. The Bertz CT molecular complexity index is 404. The average molecular weight is 263 g/mol. The predicted molar refractivity (Wildman–Crippen MR) is 72.5 cm³/mol. The third-order valence-electron chi connectivity index (χ3n) is 3.11. The van der Waals surface area contributed by atoms with E-state index < -0.39 is 11.9 Å². The minimum atomic E-state index is -1.11. The van der Waals surface area contributed by atoms with E-state index >= 15 is 0 Å². The van der Waals surface area contributed by atoms with E-state index in [1.54, 1.807) is 0 Å². The van der Waals surface area contributed by atoms with Crippen LogP contribution in [0, 0.1) is 13.3 Å². The molecule has 0 aromatic heterocycles. The number of benzene rings is 1. The van der Waals surface area contributed by atoms with Gasteiger partial charge in [0.1, 0.15) is 0 Å². The molecule has 0 bridgehead atoms. The Morgan fingerprint density at radius 3 is 1.68 bits per heavy atom. The second kappa shape index (κ2) is 7.56. The lowest BCUT2D eigenvalue weighted by Gasteiger charge is -2.05. The maximum absolute atomic E-state index is 10.6. The van der Waals surface area contributed by atoms with Crippen molar-refractivity contribution in [1.29, 1.82) is 0 Å². The summed E-state index contributed by atoms with van der Waals surface area (Å²) in [5.74, 6) is -2.22. The van der Waals surface area contributed by atoms with Crippen molar-refractivity contribution >= 4 is 11.9 Å². The molecule has 0 saturated heterocycles. The van der Waals surface area contributed by atoms with Crippen LogP contribution in [0.3, 0.4) is 0 Å². The fourth-order valence-corrected chi connectivity index (χ4v) is 2.00. The van der Waals surface area contributed by atoms with Crippen molar-refractivity contribution in [2.24, 2.45) is 0 Å². The first kappa shape index (κ1) is 15.2. The Balaban J connectivity index is 0.000000250. The van der Waals surface area contributed by atoms with E-state index in [-0.39, 0.29) is 16.7 Å². The summed E-state index contributed by atoms with van der Waals surface area (Å²) in [4.78, 5) is 21.2. The number of aromatic carboxylic acids is 2. The van der Waals surface area contributed by atoms with Crippen LogP contribution in [-0.4, -0.2) is 22.2 Å². The van der Waals surface area contributed by atoms with Crippen molar-refractivity contribution in [1.82, 2.24) is 0 Å². The Morgan fingerprint density at radius 1 is 0.947 bits per heavy atom. The van der Waals surface area contributed by atoms with E-state index in [2.05, 4.69) is 6.42 Å². The van der Waals surface area contributed by atoms with Gasteiger partial charge in [0.25, 0.3) is 0 Å². The standard InChI is InChI=1S/C9H8O4.C6H11/c1-5-6(8(10)11)3-2-4-7(5)9(12)13;1-2-4-6-5-3-1/h2-4H,1H3,(H,10,11)(H,12,13);1H,2-6H2. The van der Waals surface area contributed by atoms with Crippen LogP contribution >= 0.6 is 0 Å². The van der Waals surface area contributed by atoms with Crippen LogP contribution in [0.5, 0.6) is 0 Å². The van der Waals surface area contributed by atoms with E-state index in [0.29, 0.717) is 0 Å². The lowest BCUT2D eigenvalue weighted by atomic mass is 10.0. The SMILES string of the molecule is Cc1c(C(=O)O)cccc1C(=O)O.[CH]1CCCCC1. The van der Waals surface area contributed by atoms with Crippen molar-refractivity contribution in [3.8, 4) is 0 Å². The van der Waals surface area contributed by atoms with Crippen molar-refractivity contribution in [2.75, 3.05) is 0 Å². The lowest BCUT2D eigenvalue weighted by Crippen LogP contribution is -2.06. The van der Waals surface area contributed by atoms with Gasteiger partial charge >= 0.3 is 11.9 Å². The second-order valence-corrected chi connectivity index (χ2v) is 4.52. The number of carboxylic acid groups (broad SMARTS) is 2. The summed E-state index contributed by atoms with van der Waals surface area (Å²) in [5.41, 5.74) is 0.335. The molecule has 19 heavy (non-hydrogen) atoms. The summed E-state index contributed by atoms with van der Waals surface area (Å²) in [5, 5.41) is 17.4. The van der Waals surface area contributed by atoms with Gasteiger partial charge in [0.15, 0.2) is 0 Å². The average Bonchev–Trinajstić information content (AvgIpc) is 2.41. The van der Waals surface area contributed by atoms with Gasteiger partial charge in [-0.3, -0.25) is 0 Å². The predicted octanol–water partition coefficient (Wildman–Crippen LogP) is 3.55. The first-order valence-corrected chi connectivity index (χ1v) is 6.42. The Kier molecular flexibility index (Phi) is 6.06. The molecule has 4 nitrogen and oxygen atoms in total. The van der Waals surface area contributed by atoms with Crippen LogP contribution in [0.15, 0.2) is 18.2 Å². The first-order chi connectivity index (χ1) is 9.04. The minimum Gasteiger partial charge on any atom is -0.478 e. The first-order valence-electron chi connectivity index (χ1n) is 6.42. The summed E-state index contributed by atoms with van der Waals surface area (Å²) >= 11 is 0. The molecule has 1 radical (unpaired) electrons. The molecule has 0 aliphatic heterocycles. The van der Waals surface area contributed by atoms with Gasteiger partial charge in [0.05, 0.1) is 11.1 Å². The highest BCUT2D eigenvalue weighted by molar-refractivity contribution is 5.96. The van der Waals surface area contributed by atoms with E-state index in [9.17, 15) is 9.59 Å². The van der Waals surface area contributed by atoms with Gasteiger partial charge in [-0.25, -0.2) is 9.59 Å². The number of hydrogen-bond donors (Lipinski definition) is 2. The monoisotopic (exact) mass is 263 g/mol. The zero-order valence-corrected chi connectivity index (χ0v) is 11.1. The topological polar surface area (TPSA) is 74.6 Å². The van der Waals surface area contributed by atoms with Gasteiger partial charge in [-0.1, -0.05) is 38.2 Å². The molecule has 103 valence electrons. The maximum Gasteiger partial charge on any atom is 0.335 e. The van der Waals surface area contributed by atoms with Crippen LogP contribution in [0.2, 0.25) is 0 Å². The lowest BCUT2D eigenvalue weighted by molar-refractivity contribution is 0.0696. The number of carbonyl (C=O) groups is 2. The van der Waals surface area contributed by atoms with E-state index in [4.69, 9.17) is 10.2 Å². The van der Waals surface area contributed by atoms with Crippen LogP contribution < -0.4 is 0 Å². The van der Waals surface area contributed by atoms with Gasteiger partial charge in [0, 0.05) is 0 Å². The Labute approximate surface area is 113 Å². The van der Waals surface area contributed by atoms with Crippen molar-refractivity contribution in [3.05, 3.63) is 41.3 Å². The summed E-state index contributed by atoms with van der Waals surface area (Å²) in [6.07, 6.45) is 9.50. The highest BCUT2D eigenvalue weighted by Gasteiger charge is 2.13. The smallest absolute Gasteiger partial charge is 0.335 e. The van der Waals surface area contributed by atoms with Gasteiger partial charge < -0.3 is 10.2 Å². The summed E-state index contributed by atoms with van der Waals surface area (Å²) in [7, 11) is 0. The molecule has 0 amide bonds. The third-order valence-corrected chi connectivity index (χ3v) is 3.11. The molecule has 1 aliphatic carbocycles. The zero-order chi connectivity index (χ0) is 14.3. The van der Waals surface area contributed by atoms with Crippen LogP contribution in [-0.2, 0) is 0 Å². The fraction of sp³-hybridized carbons (Fsp3) is 0.400. The Hall–Kier alpha value is -1.84. The minimum absolute atomic E-state index is 0.0277. The van der Waals surface area contributed by atoms with Gasteiger partial charge in [-0.05, 0) is 31.0 Å². The molecular formula is C15H19O4. The molecule has 1 aromatic carbocycles. The molecule has 0 heterocycles. The van der Waals surface area contributed by atoms with Gasteiger partial charge in [-0.15, -0.1) is 0 Å². The van der Waals surface area contributed by atoms with Crippen molar-refractivity contribution in [2.45, 2.75) is 39.0 Å². The summed E-state index contributed by atoms with van der Waals surface area (Å²) in [6.45, 7) is 1.48. The van der Waals surface area contributed by atoms with Crippen molar-refractivity contribution in [3.63, 3.8) is 0 Å². The largest absolute Gasteiger partial charge is 0.478 e. The van der Waals surface area contributed by atoms with Crippen LogP contribution in [0.25, 0.3) is 0 Å². The highest BCUT2D eigenvalue weighted by atomic mass is 16.4. The van der Waals surface area contributed by atoms with Crippen molar-refractivity contribution < 1.29 is 19.8 Å². The number of carboxylic acids is 2. The molecule has 1 aromatic rings. The van der Waals surface area contributed by atoms with E-state index in [0.717, 1.165) is 0 Å². The van der Waals surface area contributed by atoms with E-state index in [1.165, 1.54) is 57.2 Å². The van der Waals surface area contributed by atoms with E-state index in [1.807, 2.05) is 0 Å². The van der Waals surface area contributed by atoms with Gasteiger partial charge in [-0.2, -0.15) is 0 Å². The van der Waals surface area contributed by atoms with Crippen LogP contribution in [0.4, 0.5) is 0 Å². The molecule has 0 atom stereocenters. The molecule has 0 spiro atoms. The highest BCUT2D eigenvalue weighted by Crippen LogP contribution is 2.14. The summed E-state index contributed by atoms with van der Waals surface area (Å²) in [6, 6.07) is 4.17. The quantitative estimate of drug-likeness (QED) is 0.855. The molecule has 1 fully saturated rings. The normalized spacial score (nSPS) is 14.2. The van der Waals surface area contributed by atoms with Crippen LogP contribution in [0.1, 0.15) is 58.4 Å². The molecule has 1 saturated carbocycles. The third kappa shape index (κ3) is 4.73. The van der Waals surface area contributed by atoms with Gasteiger partial charge in [0.2, 0.25) is 0 Å².